The highest BCUT2D eigenvalue weighted by Crippen LogP contribution is 2.34. The van der Waals surface area contributed by atoms with E-state index < -0.39 is 34.6 Å². The van der Waals surface area contributed by atoms with E-state index in [0.717, 1.165) is 39.8 Å². The summed E-state index contributed by atoms with van der Waals surface area (Å²) in [5.41, 5.74) is 4.91. The van der Waals surface area contributed by atoms with Crippen molar-refractivity contribution in [2.75, 3.05) is 16.8 Å². The second kappa shape index (κ2) is 6.40. The monoisotopic (exact) mass is 434 g/mol. The van der Waals surface area contributed by atoms with Gasteiger partial charge in [0.25, 0.3) is 10.7 Å². The molecule has 0 bridgehead atoms. The number of nitrogens with one attached hydrogen (secondary N) is 1. The van der Waals surface area contributed by atoms with Crippen LogP contribution in [0.4, 0.5) is 33.7 Å². The zero-order valence-corrected chi connectivity index (χ0v) is 14.4. The van der Waals surface area contributed by atoms with E-state index in [-0.39, 0.29) is 23.6 Å². The minimum absolute atomic E-state index is 0.0959. The van der Waals surface area contributed by atoms with Crippen LogP contribution in [0.3, 0.4) is 0 Å². The number of rotatable bonds is 2. The highest BCUT2D eigenvalue weighted by atomic mass is 79.9. The van der Waals surface area contributed by atoms with Crippen LogP contribution in [-0.4, -0.2) is 21.8 Å². The number of nitrogens with zero attached hydrogens (tertiary/aromatic N) is 2. The molecule has 2 aromatic rings. The average molecular weight is 435 g/mol. The van der Waals surface area contributed by atoms with Gasteiger partial charge in [-0.1, -0.05) is 0 Å². The van der Waals surface area contributed by atoms with Gasteiger partial charge in [-0.15, -0.1) is 0 Å². The minimum atomic E-state index is -4.51. The fraction of sp³-hybridized carbons (Fsp3) is 0.200. The van der Waals surface area contributed by atoms with E-state index in [1.165, 1.54) is 0 Å². The van der Waals surface area contributed by atoms with Gasteiger partial charge in [0.2, 0.25) is 0 Å². The molecule has 1 aromatic carbocycles. The standard InChI is InChI=1S/C15H11BrF4N4O2/c16-14(26)22-9-5-10(17)24-11(21)6-23(13(25)12(9)24)8-3-1-7(2-4-8)15(18,19)20/h1-5,11H,6,21H2,(H,22,26)/t11-/m1/s1. The summed E-state index contributed by atoms with van der Waals surface area (Å²) in [7, 11) is 0. The number of hydrogen-bond donors (Lipinski definition) is 2. The smallest absolute Gasteiger partial charge is 0.314 e. The molecule has 0 radical (unpaired) electrons. The Labute approximate surface area is 152 Å². The van der Waals surface area contributed by atoms with E-state index in [1.807, 2.05) is 0 Å². The van der Waals surface area contributed by atoms with E-state index in [2.05, 4.69) is 21.2 Å². The lowest BCUT2D eigenvalue weighted by Gasteiger charge is -2.33. The molecular weight excluding hydrogens is 424 g/mol. The molecule has 1 atom stereocenters. The third kappa shape index (κ3) is 3.19. The zero-order chi connectivity index (χ0) is 19.2. The Hall–Kier alpha value is -2.40. The van der Waals surface area contributed by atoms with Gasteiger partial charge in [-0.05, 0) is 24.3 Å². The number of benzene rings is 1. The van der Waals surface area contributed by atoms with Crippen LogP contribution >= 0.6 is 15.9 Å². The van der Waals surface area contributed by atoms with Crippen LogP contribution in [-0.2, 0) is 6.18 Å². The molecule has 0 aliphatic carbocycles. The summed E-state index contributed by atoms with van der Waals surface area (Å²) in [6, 6.07) is 4.88. The molecule has 0 fully saturated rings. The number of halogens is 5. The maximum atomic E-state index is 14.1. The number of amides is 2. The Morgan fingerprint density at radius 1 is 1.27 bits per heavy atom. The van der Waals surface area contributed by atoms with E-state index in [1.54, 1.807) is 0 Å². The molecule has 1 aromatic heterocycles. The fourth-order valence-electron chi connectivity index (χ4n) is 2.77. The Kier molecular flexibility index (Phi) is 4.53. The molecule has 3 N–H and O–H groups in total. The van der Waals surface area contributed by atoms with Crippen molar-refractivity contribution in [3.05, 3.63) is 47.5 Å². The van der Waals surface area contributed by atoms with Gasteiger partial charge < -0.3 is 16.0 Å². The van der Waals surface area contributed by atoms with Gasteiger partial charge >= 0.3 is 6.18 Å². The van der Waals surface area contributed by atoms with Gasteiger partial charge in [0, 0.05) is 27.7 Å². The molecule has 1 aliphatic rings. The summed E-state index contributed by atoms with van der Waals surface area (Å²) in [5.74, 6) is -1.52. The maximum absolute atomic E-state index is 14.1. The van der Waals surface area contributed by atoms with Crippen LogP contribution in [0, 0.1) is 5.95 Å². The fourth-order valence-corrected chi connectivity index (χ4v) is 2.98. The molecule has 0 saturated heterocycles. The molecule has 26 heavy (non-hydrogen) atoms. The molecule has 0 spiro atoms. The number of alkyl halides is 3. The molecule has 11 heteroatoms. The number of carbonyl (C=O) groups is 2. The first-order valence-corrected chi connectivity index (χ1v) is 8.01. The highest BCUT2D eigenvalue weighted by Gasteiger charge is 2.36. The summed E-state index contributed by atoms with van der Waals surface area (Å²) in [4.78, 5) is 24.4. The molecule has 0 saturated carbocycles. The van der Waals surface area contributed by atoms with Crippen molar-refractivity contribution < 1.29 is 27.2 Å². The average Bonchev–Trinajstić information content (AvgIpc) is 2.86. The lowest BCUT2D eigenvalue weighted by molar-refractivity contribution is -0.137. The van der Waals surface area contributed by atoms with Gasteiger partial charge in [0.15, 0.2) is 5.95 Å². The van der Waals surface area contributed by atoms with E-state index >= 15 is 0 Å². The van der Waals surface area contributed by atoms with Gasteiger partial charge in [-0.3, -0.25) is 14.2 Å². The van der Waals surface area contributed by atoms with Crippen LogP contribution in [0.2, 0.25) is 0 Å². The van der Waals surface area contributed by atoms with E-state index in [4.69, 9.17) is 5.73 Å². The second-order valence-corrected chi connectivity index (χ2v) is 6.25. The van der Waals surface area contributed by atoms with E-state index in [0.29, 0.717) is 0 Å². The summed E-state index contributed by atoms with van der Waals surface area (Å²) < 4.78 is 53.1. The van der Waals surface area contributed by atoms with Crippen molar-refractivity contribution in [1.82, 2.24) is 4.57 Å². The number of anilines is 2. The number of nitrogens with two attached hydrogens (primary N) is 1. The van der Waals surface area contributed by atoms with Crippen LogP contribution in [0.1, 0.15) is 22.2 Å². The normalized spacial score (nSPS) is 17.2. The van der Waals surface area contributed by atoms with Crippen molar-refractivity contribution >= 4 is 38.0 Å². The Morgan fingerprint density at radius 2 is 1.88 bits per heavy atom. The van der Waals surface area contributed by atoms with Gasteiger partial charge in [-0.25, -0.2) is 0 Å². The maximum Gasteiger partial charge on any atom is 0.416 e. The van der Waals surface area contributed by atoms with Crippen LogP contribution in [0.5, 0.6) is 0 Å². The molecular formula is C15H11BrF4N4O2. The first-order valence-electron chi connectivity index (χ1n) is 7.21. The quantitative estimate of drug-likeness (QED) is 0.429. The van der Waals surface area contributed by atoms with Crippen molar-refractivity contribution in [1.29, 1.82) is 0 Å². The van der Waals surface area contributed by atoms with Crippen molar-refractivity contribution in [3.8, 4) is 0 Å². The molecule has 0 unspecified atom stereocenters. The summed E-state index contributed by atoms with van der Waals surface area (Å²) >= 11 is 2.63. The van der Waals surface area contributed by atoms with Crippen LogP contribution in [0.25, 0.3) is 0 Å². The second-order valence-electron chi connectivity index (χ2n) is 5.53. The third-order valence-corrected chi connectivity index (χ3v) is 4.08. The molecule has 1 aliphatic heterocycles. The summed E-state index contributed by atoms with van der Waals surface area (Å²) in [6.07, 6.45) is -5.49. The lowest BCUT2D eigenvalue weighted by Crippen LogP contribution is -2.46. The molecule has 2 amide bonds. The Morgan fingerprint density at radius 3 is 2.42 bits per heavy atom. The number of aromatic nitrogens is 1. The number of carbonyl (C=O) groups excluding carboxylic acids is 2. The van der Waals surface area contributed by atoms with Gasteiger partial charge in [0.1, 0.15) is 11.9 Å². The topological polar surface area (TPSA) is 80.4 Å². The van der Waals surface area contributed by atoms with Crippen molar-refractivity contribution in [2.24, 2.45) is 5.73 Å². The first kappa shape index (κ1) is 18.4. The summed E-state index contributed by atoms with van der Waals surface area (Å²) in [5, 5.41) is 2.27. The zero-order valence-electron chi connectivity index (χ0n) is 12.8. The highest BCUT2D eigenvalue weighted by molar-refractivity contribution is 9.18. The first-order chi connectivity index (χ1) is 12.1. The van der Waals surface area contributed by atoms with Crippen molar-refractivity contribution in [3.63, 3.8) is 0 Å². The third-order valence-electron chi connectivity index (χ3n) is 3.88. The predicted molar refractivity (Wildman–Crippen MR) is 88.7 cm³/mol. The largest absolute Gasteiger partial charge is 0.416 e. The molecule has 138 valence electrons. The SMILES string of the molecule is N[C@H]1CN(c2ccc(C(F)(F)F)cc2)C(=O)c2c(NC(=O)Br)cc(F)n21. The summed E-state index contributed by atoms with van der Waals surface area (Å²) in [6.45, 7) is -0.148. The number of fused-ring (bicyclic) bond motifs is 1. The molecule has 3 rings (SSSR count). The predicted octanol–water partition coefficient (Wildman–Crippen LogP) is 3.69. The van der Waals surface area contributed by atoms with E-state index in [9.17, 15) is 27.2 Å². The van der Waals surface area contributed by atoms with Gasteiger partial charge in [-0.2, -0.15) is 17.6 Å². The van der Waals surface area contributed by atoms with Crippen molar-refractivity contribution in [2.45, 2.75) is 12.3 Å². The van der Waals surface area contributed by atoms with Crippen LogP contribution < -0.4 is 16.0 Å². The number of hydrogen-bond acceptors (Lipinski definition) is 3. The minimum Gasteiger partial charge on any atom is -0.314 e. The molecule has 2 heterocycles. The Balaban J connectivity index is 2.01. The van der Waals surface area contributed by atoms with Crippen LogP contribution in [0.15, 0.2) is 30.3 Å². The molecule has 6 nitrogen and oxygen atoms in total. The lowest BCUT2D eigenvalue weighted by atomic mass is 10.1. The van der Waals surface area contributed by atoms with Gasteiger partial charge in [0.05, 0.1) is 17.8 Å². The Bertz CT molecular complexity index is 879.